The number of benzene rings is 1. The summed E-state index contributed by atoms with van der Waals surface area (Å²) in [6.45, 7) is 5.84. The van der Waals surface area contributed by atoms with E-state index in [0.29, 0.717) is 11.5 Å². The van der Waals surface area contributed by atoms with Gasteiger partial charge >= 0.3 is 0 Å². The second kappa shape index (κ2) is 7.09. The van der Waals surface area contributed by atoms with Gasteiger partial charge in [-0.25, -0.2) is 0 Å². The Balaban J connectivity index is 1.83. The van der Waals surface area contributed by atoms with Crippen LogP contribution in [0.1, 0.15) is 57.9 Å². The lowest BCUT2D eigenvalue weighted by Gasteiger charge is -2.35. The van der Waals surface area contributed by atoms with Gasteiger partial charge in [0.25, 0.3) is 0 Å². The van der Waals surface area contributed by atoms with E-state index in [1.807, 2.05) is 0 Å². The first-order valence-electron chi connectivity index (χ1n) is 8.02. The summed E-state index contributed by atoms with van der Waals surface area (Å²) in [5, 5.41) is 3.75. The van der Waals surface area contributed by atoms with Gasteiger partial charge in [-0.1, -0.05) is 57.0 Å². The zero-order valence-corrected chi connectivity index (χ0v) is 12.6. The normalized spacial score (nSPS) is 19.5. The molecule has 0 aromatic heterocycles. The molecule has 1 nitrogen and oxygen atoms in total. The third-order valence-electron chi connectivity index (χ3n) is 4.84. The maximum absolute atomic E-state index is 3.75. The molecule has 1 unspecified atom stereocenters. The van der Waals surface area contributed by atoms with Gasteiger partial charge in [-0.2, -0.15) is 0 Å². The SMILES string of the molecule is CCNC(CCCc1ccccc1)C1(C)CCCC1. The number of hydrogen-bond donors (Lipinski definition) is 1. The van der Waals surface area contributed by atoms with Gasteiger partial charge in [0.2, 0.25) is 0 Å². The van der Waals surface area contributed by atoms with Gasteiger partial charge in [0, 0.05) is 6.04 Å². The Labute approximate surface area is 118 Å². The summed E-state index contributed by atoms with van der Waals surface area (Å²) < 4.78 is 0. The standard InChI is InChI=1S/C18H29N/c1-3-19-17(18(2)14-7-8-15-18)13-9-12-16-10-5-4-6-11-16/h4-6,10-11,17,19H,3,7-9,12-15H2,1-2H3. The smallest absolute Gasteiger partial charge is 0.0121 e. The van der Waals surface area contributed by atoms with Crippen LogP contribution in [0.5, 0.6) is 0 Å². The Morgan fingerprint density at radius 1 is 1.16 bits per heavy atom. The first-order chi connectivity index (χ1) is 9.24. The van der Waals surface area contributed by atoms with Gasteiger partial charge in [-0.15, -0.1) is 0 Å². The predicted octanol–water partition coefficient (Wildman–Crippen LogP) is 4.57. The summed E-state index contributed by atoms with van der Waals surface area (Å²) in [5.41, 5.74) is 2.03. The fourth-order valence-corrected chi connectivity index (χ4v) is 3.63. The number of rotatable bonds is 7. The van der Waals surface area contributed by atoms with Crippen LogP contribution < -0.4 is 5.32 Å². The van der Waals surface area contributed by atoms with Crippen LogP contribution in [-0.2, 0) is 6.42 Å². The van der Waals surface area contributed by atoms with Crippen molar-refractivity contribution >= 4 is 0 Å². The average Bonchev–Trinajstić information content (AvgIpc) is 2.87. The Kier molecular flexibility index (Phi) is 5.45. The number of nitrogens with one attached hydrogen (secondary N) is 1. The topological polar surface area (TPSA) is 12.0 Å². The molecule has 0 bridgehead atoms. The molecule has 1 heteroatoms. The van der Waals surface area contributed by atoms with E-state index < -0.39 is 0 Å². The van der Waals surface area contributed by atoms with Crippen LogP contribution in [0.15, 0.2) is 30.3 Å². The average molecular weight is 259 g/mol. The van der Waals surface area contributed by atoms with Gasteiger partial charge < -0.3 is 5.32 Å². The summed E-state index contributed by atoms with van der Waals surface area (Å²) in [7, 11) is 0. The third-order valence-corrected chi connectivity index (χ3v) is 4.84. The van der Waals surface area contributed by atoms with E-state index >= 15 is 0 Å². The molecule has 19 heavy (non-hydrogen) atoms. The zero-order valence-electron chi connectivity index (χ0n) is 12.6. The highest BCUT2D eigenvalue weighted by Gasteiger charge is 2.35. The molecule has 1 N–H and O–H groups in total. The molecular formula is C18H29N. The molecule has 1 saturated carbocycles. The van der Waals surface area contributed by atoms with E-state index in [-0.39, 0.29) is 0 Å². The quantitative estimate of drug-likeness (QED) is 0.756. The molecule has 1 atom stereocenters. The fourth-order valence-electron chi connectivity index (χ4n) is 3.63. The minimum absolute atomic E-state index is 0.548. The van der Waals surface area contributed by atoms with Crippen LogP contribution in [0.4, 0.5) is 0 Å². The molecule has 1 aliphatic carbocycles. The number of hydrogen-bond acceptors (Lipinski definition) is 1. The molecule has 0 heterocycles. The molecule has 0 radical (unpaired) electrons. The Morgan fingerprint density at radius 3 is 2.47 bits per heavy atom. The highest BCUT2D eigenvalue weighted by molar-refractivity contribution is 5.14. The minimum atomic E-state index is 0.548. The fraction of sp³-hybridized carbons (Fsp3) is 0.667. The van der Waals surface area contributed by atoms with Crippen molar-refractivity contribution in [3.05, 3.63) is 35.9 Å². The second-order valence-corrected chi connectivity index (χ2v) is 6.35. The lowest BCUT2D eigenvalue weighted by molar-refractivity contribution is 0.210. The third kappa shape index (κ3) is 4.07. The zero-order chi connectivity index (χ0) is 13.6. The monoisotopic (exact) mass is 259 g/mol. The maximum Gasteiger partial charge on any atom is 0.0121 e. The van der Waals surface area contributed by atoms with Crippen molar-refractivity contribution in [2.24, 2.45) is 5.41 Å². The molecule has 106 valence electrons. The lowest BCUT2D eigenvalue weighted by atomic mass is 9.78. The molecule has 1 aromatic carbocycles. The van der Waals surface area contributed by atoms with Gasteiger partial charge in [-0.3, -0.25) is 0 Å². The molecular weight excluding hydrogens is 230 g/mol. The van der Waals surface area contributed by atoms with Crippen molar-refractivity contribution in [2.45, 2.75) is 64.8 Å². The summed E-state index contributed by atoms with van der Waals surface area (Å²) in [5.74, 6) is 0. The van der Waals surface area contributed by atoms with Crippen LogP contribution in [0.2, 0.25) is 0 Å². The van der Waals surface area contributed by atoms with Crippen LogP contribution in [0.25, 0.3) is 0 Å². The summed E-state index contributed by atoms with van der Waals surface area (Å²) in [6.07, 6.45) is 9.52. The van der Waals surface area contributed by atoms with Crippen molar-refractivity contribution in [3.63, 3.8) is 0 Å². The Morgan fingerprint density at radius 2 is 1.84 bits per heavy atom. The summed E-state index contributed by atoms with van der Waals surface area (Å²) in [6, 6.07) is 11.6. The highest BCUT2D eigenvalue weighted by Crippen LogP contribution is 2.42. The van der Waals surface area contributed by atoms with E-state index in [9.17, 15) is 0 Å². The maximum atomic E-state index is 3.75. The van der Waals surface area contributed by atoms with Crippen LogP contribution in [-0.4, -0.2) is 12.6 Å². The first-order valence-corrected chi connectivity index (χ1v) is 8.02. The molecule has 0 aliphatic heterocycles. The second-order valence-electron chi connectivity index (χ2n) is 6.35. The van der Waals surface area contributed by atoms with Crippen LogP contribution in [0, 0.1) is 5.41 Å². The van der Waals surface area contributed by atoms with E-state index in [1.54, 1.807) is 0 Å². The van der Waals surface area contributed by atoms with Crippen molar-refractivity contribution in [2.75, 3.05) is 6.54 Å². The Bertz CT molecular complexity index is 351. The van der Waals surface area contributed by atoms with E-state index in [0.717, 1.165) is 6.54 Å². The van der Waals surface area contributed by atoms with Crippen LogP contribution in [0.3, 0.4) is 0 Å². The van der Waals surface area contributed by atoms with Crippen molar-refractivity contribution in [1.29, 1.82) is 0 Å². The molecule has 0 amide bonds. The Hall–Kier alpha value is -0.820. The first kappa shape index (κ1) is 14.6. The van der Waals surface area contributed by atoms with Gasteiger partial charge in [0.1, 0.15) is 0 Å². The summed E-state index contributed by atoms with van der Waals surface area (Å²) >= 11 is 0. The van der Waals surface area contributed by atoms with Gasteiger partial charge in [0.15, 0.2) is 0 Å². The van der Waals surface area contributed by atoms with Crippen molar-refractivity contribution in [1.82, 2.24) is 5.32 Å². The molecule has 1 aromatic rings. The molecule has 1 fully saturated rings. The van der Waals surface area contributed by atoms with Gasteiger partial charge in [-0.05, 0) is 49.6 Å². The van der Waals surface area contributed by atoms with Crippen molar-refractivity contribution in [3.8, 4) is 0 Å². The highest BCUT2D eigenvalue weighted by atomic mass is 14.9. The van der Waals surface area contributed by atoms with E-state index in [1.165, 1.54) is 50.5 Å². The van der Waals surface area contributed by atoms with Gasteiger partial charge in [0.05, 0.1) is 0 Å². The van der Waals surface area contributed by atoms with Crippen molar-refractivity contribution < 1.29 is 0 Å². The predicted molar refractivity (Wildman–Crippen MR) is 83.4 cm³/mol. The molecule has 2 rings (SSSR count). The summed E-state index contributed by atoms with van der Waals surface area (Å²) in [4.78, 5) is 0. The van der Waals surface area contributed by atoms with Crippen LogP contribution >= 0.6 is 0 Å². The molecule has 0 saturated heterocycles. The lowest BCUT2D eigenvalue weighted by Crippen LogP contribution is -2.42. The number of aryl methyl sites for hydroxylation is 1. The van der Waals surface area contributed by atoms with E-state index in [2.05, 4.69) is 49.5 Å². The molecule has 1 aliphatic rings. The molecule has 0 spiro atoms. The largest absolute Gasteiger partial charge is 0.314 e. The van der Waals surface area contributed by atoms with E-state index in [4.69, 9.17) is 0 Å². The minimum Gasteiger partial charge on any atom is -0.314 e.